The fraction of sp³-hybridized carbons (Fsp3) is 0.312. The molecular formula is C32H22BrF6NO6. The standard InChI is InChI=1S/C32H22BrF6NO6/c33-22-13-23(42)27-21(28(22)43)12-20-17(25(27)18-3-1-2-4-24(18)46-8-7-41)5-6-19-26(20)30(45)40(29(19)44)16-10-14(31(34,35)36)9-15(11-16)32(37,38)39/h1-5,9-11,13,19-20,25-26,41H,6-8,12H2. The molecule has 14 heteroatoms. The summed E-state index contributed by atoms with van der Waals surface area (Å²) in [5.41, 5.74) is -3.08. The molecule has 1 fully saturated rings. The monoisotopic (exact) mass is 709 g/mol. The van der Waals surface area contributed by atoms with Gasteiger partial charge in [0.15, 0.2) is 11.6 Å². The lowest BCUT2D eigenvalue weighted by Gasteiger charge is -2.42. The number of aliphatic hydroxyl groups excluding tert-OH is 1. The van der Waals surface area contributed by atoms with Crippen LogP contribution in [0.5, 0.6) is 5.75 Å². The first-order chi connectivity index (χ1) is 21.6. The topological polar surface area (TPSA) is 101 Å². The number of benzene rings is 2. The molecule has 4 unspecified atom stereocenters. The Morgan fingerprint density at radius 2 is 1.57 bits per heavy atom. The van der Waals surface area contributed by atoms with Gasteiger partial charge < -0.3 is 9.84 Å². The number of aliphatic hydroxyl groups is 1. The number of halogens is 7. The van der Waals surface area contributed by atoms with Gasteiger partial charge in [-0.1, -0.05) is 29.8 Å². The number of nitrogens with zero attached hydrogens (tertiary/aromatic N) is 1. The molecule has 2 aromatic rings. The minimum atomic E-state index is -5.21. The highest BCUT2D eigenvalue weighted by Crippen LogP contribution is 2.57. The fourth-order valence-corrected chi connectivity index (χ4v) is 7.34. The Labute approximate surface area is 265 Å². The number of allylic oxidation sites excluding steroid dienone is 6. The molecule has 6 rings (SSSR count). The Morgan fingerprint density at radius 3 is 2.20 bits per heavy atom. The Hall–Kier alpha value is -4.04. The second-order valence-corrected chi connectivity index (χ2v) is 12.1. The molecule has 1 N–H and O–H groups in total. The van der Waals surface area contributed by atoms with Crippen LogP contribution in [-0.4, -0.2) is 41.7 Å². The van der Waals surface area contributed by atoms with Gasteiger partial charge in [0.05, 0.1) is 39.7 Å². The van der Waals surface area contributed by atoms with Crippen LogP contribution < -0.4 is 9.64 Å². The largest absolute Gasteiger partial charge is 0.491 e. The van der Waals surface area contributed by atoms with E-state index in [4.69, 9.17) is 4.74 Å². The number of Topliss-reactive ketones (excluding diaryl/α,β-unsaturated/α-hetero) is 1. The third-order valence-electron chi connectivity index (χ3n) is 8.74. The van der Waals surface area contributed by atoms with Crippen molar-refractivity contribution in [3.8, 4) is 5.75 Å². The van der Waals surface area contributed by atoms with Crippen molar-refractivity contribution in [2.24, 2.45) is 17.8 Å². The van der Waals surface area contributed by atoms with Gasteiger partial charge in [-0.3, -0.25) is 19.2 Å². The number of hydrogen-bond acceptors (Lipinski definition) is 6. The summed E-state index contributed by atoms with van der Waals surface area (Å²) in [7, 11) is 0. The maximum Gasteiger partial charge on any atom is 0.416 e. The molecule has 3 aliphatic carbocycles. The number of para-hydroxylation sites is 1. The first-order valence-electron chi connectivity index (χ1n) is 14.0. The van der Waals surface area contributed by atoms with E-state index in [0.717, 1.165) is 6.08 Å². The SMILES string of the molecule is O=C1C=C(Br)C(=O)C2=C1C(c1ccccc1OCCO)C1=CCC3C(=O)N(c4cc(C(F)(F)F)cc(C(F)(F)F)c4)C(=O)C3C1C2. The van der Waals surface area contributed by atoms with E-state index in [2.05, 4.69) is 15.9 Å². The number of rotatable bonds is 5. The van der Waals surface area contributed by atoms with Crippen molar-refractivity contribution in [2.75, 3.05) is 18.1 Å². The van der Waals surface area contributed by atoms with Gasteiger partial charge in [-0.05, 0) is 59.0 Å². The highest BCUT2D eigenvalue weighted by atomic mass is 79.9. The molecule has 2 amide bonds. The quantitative estimate of drug-likeness (QED) is 0.175. The average molecular weight is 710 g/mol. The second kappa shape index (κ2) is 11.3. The first-order valence-corrected chi connectivity index (χ1v) is 14.8. The Kier molecular flexibility index (Phi) is 7.87. The highest BCUT2D eigenvalue weighted by Gasteiger charge is 2.57. The van der Waals surface area contributed by atoms with Crippen molar-refractivity contribution in [3.63, 3.8) is 0 Å². The zero-order valence-electron chi connectivity index (χ0n) is 23.4. The van der Waals surface area contributed by atoms with E-state index in [9.17, 15) is 50.6 Å². The summed E-state index contributed by atoms with van der Waals surface area (Å²) < 4.78 is 87.6. The summed E-state index contributed by atoms with van der Waals surface area (Å²) in [6, 6.07) is 7.15. The normalized spacial score (nSPS) is 24.8. The van der Waals surface area contributed by atoms with Crippen LogP contribution in [0.15, 0.2) is 75.8 Å². The van der Waals surface area contributed by atoms with Crippen LogP contribution in [0, 0.1) is 17.8 Å². The van der Waals surface area contributed by atoms with E-state index in [-0.39, 0.29) is 53.5 Å². The van der Waals surface area contributed by atoms with Gasteiger partial charge in [0.1, 0.15) is 12.4 Å². The van der Waals surface area contributed by atoms with E-state index in [1.54, 1.807) is 30.3 Å². The lowest BCUT2D eigenvalue weighted by atomic mass is 9.59. The maximum absolute atomic E-state index is 14.0. The van der Waals surface area contributed by atoms with Gasteiger partial charge in [0.2, 0.25) is 11.8 Å². The van der Waals surface area contributed by atoms with E-state index in [1.165, 1.54) is 0 Å². The van der Waals surface area contributed by atoms with Gasteiger partial charge in [0.25, 0.3) is 0 Å². The number of ketones is 2. The number of carbonyl (C=O) groups excluding carboxylic acids is 4. The van der Waals surface area contributed by atoms with Gasteiger partial charge in [0, 0.05) is 28.7 Å². The third kappa shape index (κ3) is 5.20. The molecule has 1 saturated heterocycles. The average Bonchev–Trinajstić information content (AvgIpc) is 3.26. The summed E-state index contributed by atoms with van der Waals surface area (Å²) in [4.78, 5) is 54.9. The van der Waals surface area contributed by atoms with Crippen LogP contribution >= 0.6 is 15.9 Å². The minimum absolute atomic E-state index is 0.0290. The van der Waals surface area contributed by atoms with Crippen LogP contribution in [0.1, 0.15) is 35.4 Å². The maximum atomic E-state index is 14.0. The number of carbonyl (C=O) groups is 4. The summed E-state index contributed by atoms with van der Waals surface area (Å²) in [5, 5.41) is 9.35. The number of hydrogen-bond donors (Lipinski definition) is 1. The van der Waals surface area contributed by atoms with Crippen LogP contribution in [0.4, 0.5) is 32.0 Å². The van der Waals surface area contributed by atoms with Crippen molar-refractivity contribution in [1.82, 2.24) is 0 Å². The summed E-state index contributed by atoms with van der Waals surface area (Å²) in [5.74, 6) is -6.92. The molecule has 1 aliphatic heterocycles. The smallest absolute Gasteiger partial charge is 0.416 e. The highest BCUT2D eigenvalue weighted by molar-refractivity contribution is 9.12. The van der Waals surface area contributed by atoms with E-state index < -0.39 is 76.2 Å². The molecular weight excluding hydrogens is 688 g/mol. The lowest BCUT2D eigenvalue weighted by Crippen LogP contribution is -2.39. The Bertz CT molecular complexity index is 1760. The van der Waals surface area contributed by atoms with Gasteiger partial charge in [-0.25, -0.2) is 4.90 Å². The second-order valence-electron chi connectivity index (χ2n) is 11.3. The Morgan fingerprint density at radius 1 is 0.913 bits per heavy atom. The molecule has 240 valence electrons. The molecule has 0 aromatic heterocycles. The van der Waals surface area contributed by atoms with Gasteiger partial charge in [-0.15, -0.1) is 0 Å². The van der Waals surface area contributed by atoms with Crippen LogP contribution in [0.2, 0.25) is 0 Å². The molecule has 0 spiro atoms. The molecule has 0 saturated carbocycles. The molecule has 1 heterocycles. The molecule has 4 atom stereocenters. The van der Waals surface area contributed by atoms with Crippen molar-refractivity contribution >= 4 is 45.0 Å². The summed E-state index contributed by atoms with van der Waals surface area (Å²) in [6.45, 7) is -0.423. The lowest BCUT2D eigenvalue weighted by molar-refractivity contribution is -0.143. The van der Waals surface area contributed by atoms with Crippen molar-refractivity contribution in [1.29, 1.82) is 0 Å². The number of amides is 2. The molecule has 46 heavy (non-hydrogen) atoms. The number of ether oxygens (including phenoxy) is 1. The van der Waals surface area contributed by atoms with Crippen LogP contribution in [0.25, 0.3) is 0 Å². The van der Waals surface area contributed by atoms with Gasteiger partial charge in [-0.2, -0.15) is 26.3 Å². The van der Waals surface area contributed by atoms with Crippen LogP contribution in [-0.2, 0) is 31.5 Å². The minimum Gasteiger partial charge on any atom is -0.491 e. The molecule has 0 bridgehead atoms. The number of imide groups is 1. The molecule has 0 radical (unpaired) electrons. The molecule has 4 aliphatic rings. The summed E-state index contributed by atoms with van der Waals surface area (Å²) in [6.07, 6.45) is -7.89. The van der Waals surface area contributed by atoms with Crippen molar-refractivity contribution in [2.45, 2.75) is 31.1 Å². The summed E-state index contributed by atoms with van der Waals surface area (Å²) >= 11 is 3.11. The van der Waals surface area contributed by atoms with Crippen molar-refractivity contribution in [3.05, 3.63) is 92.5 Å². The van der Waals surface area contributed by atoms with Crippen molar-refractivity contribution < 1.29 is 55.4 Å². The first kappa shape index (κ1) is 31.9. The third-order valence-corrected chi connectivity index (χ3v) is 9.33. The predicted octanol–water partition coefficient (Wildman–Crippen LogP) is 6.06. The fourth-order valence-electron chi connectivity index (χ4n) is 6.89. The zero-order chi connectivity index (χ0) is 33.3. The number of alkyl halides is 6. The van der Waals surface area contributed by atoms with E-state index >= 15 is 0 Å². The zero-order valence-corrected chi connectivity index (χ0v) is 25.0. The molecule has 7 nitrogen and oxygen atoms in total. The van der Waals surface area contributed by atoms with E-state index in [1.807, 2.05) is 0 Å². The predicted molar refractivity (Wildman–Crippen MR) is 153 cm³/mol. The molecule has 2 aromatic carbocycles. The van der Waals surface area contributed by atoms with Gasteiger partial charge >= 0.3 is 12.4 Å². The Balaban J connectivity index is 1.48. The number of anilines is 1. The van der Waals surface area contributed by atoms with E-state index in [0.29, 0.717) is 28.2 Å². The van der Waals surface area contributed by atoms with Crippen LogP contribution in [0.3, 0.4) is 0 Å². The number of fused-ring (bicyclic) bond motifs is 3.